The first-order chi connectivity index (χ1) is 10.6. The number of thioether (sulfide) groups is 1. The number of carbonyl (C=O) groups excluding carboxylic acids is 2. The Hall–Kier alpha value is -2.39. The van der Waals surface area contributed by atoms with Gasteiger partial charge in [-0.2, -0.15) is 0 Å². The van der Waals surface area contributed by atoms with E-state index in [0.29, 0.717) is 23.0 Å². The second-order valence-electron chi connectivity index (χ2n) is 4.37. The van der Waals surface area contributed by atoms with Crippen molar-refractivity contribution in [2.24, 2.45) is 0 Å². The molecule has 0 aliphatic carbocycles. The Labute approximate surface area is 133 Å². The van der Waals surface area contributed by atoms with Crippen LogP contribution in [0.4, 0.5) is 4.79 Å². The van der Waals surface area contributed by atoms with E-state index in [1.54, 1.807) is 24.3 Å². The predicted molar refractivity (Wildman–Crippen MR) is 85.7 cm³/mol. The summed E-state index contributed by atoms with van der Waals surface area (Å²) in [5, 5.41) is -0.282. The van der Waals surface area contributed by atoms with Crippen molar-refractivity contribution < 1.29 is 19.1 Å². The summed E-state index contributed by atoms with van der Waals surface area (Å²) in [6.07, 6.45) is 6.83. The van der Waals surface area contributed by atoms with Gasteiger partial charge in [0.05, 0.1) is 11.5 Å². The number of terminal acetylenes is 1. The van der Waals surface area contributed by atoms with Crippen molar-refractivity contribution in [3.05, 3.63) is 28.7 Å². The molecule has 0 atom stereocenters. The second kappa shape index (κ2) is 7.05. The molecule has 1 aromatic carbocycles. The lowest BCUT2D eigenvalue weighted by atomic mass is 10.2. The highest BCUT2D eigenvalue weighted by Gasteiger charge is 2.31. The molecule has 6 heteroatoms. The Balaban J connectivity index is 2.29. The number of amides is 2. The Kier molecular flexibility index (Phi) is 5.12. The van der Waals surface area contributed by atoms with E-state index in [1.807, 2.05) is 6.92 Å². The zero-order valence-electron chi connectivity index (χ0n) is 12.3. The largest absolute Gasteiger partial charge is 0.490 e. The first kappa shape index (κ1) is 16.0. The molecule has 1 aliphatic rings. The molecule has 1 aromatic rings. The normalized spacial score (nSPS) is 16.0. The molecule has 0 bridgehead atoms. The van der Waals surface area contributed by atoms with Gasteiger partial charge in [0.25, 0.3) is 11.1 Å². The number of benzene rings is 1. The van der Waals surface area contributed by atoms with Gasteiger partial charge in [-0.25, -0.2) is 0 Å². The lowest BCUT2D eigenvalue weighted by molar-refractivity contribution is -0.121. The van der Waals surface area contributed by atoms with Gasteiger partial charge in [0.2, 0.25) is 0 Å². The van der Waals surface area contributed by atoms with Gasteiger partial charge in [-0.05, 0) is 42.5 Å². The van der Waals surface area contributed by atoms with Crippen molar-refractivity contribution in [1.82, 2.24) is 4.90 Å². The van der Waals surface area contributed by atoms with Crippen molar-refractivity contribution in [1.29, 1.82) is 0 Å². The van der Waals surface area contributed by atoms with Crippen LogP contribution < -0.4 is 9.47 Å². The zero-order valence-corrected chi connectivity index (χ0v) is 13.1. The zero-order chi connectivity index (χ0) is 16.1. The fourth-order valence-corrected chi connectivity index (χ4v) is 2.65. The van der Waals surface area contributed by atoms with Crippen molar-refractivity contribution in [3.63, 3.8) is 0 Å². The van der Waals surface area contributed by atoms with E-state index < -0.39 is 0 Å². The number of rotatable bonds is 5. The molecule has 0 N–H and O–H groups in total. The molecule has 0 aromatic heterocycles. The predicted octanol–water partition coefficient (Wildman–Crippen LogP) is 2.76. The van der Waals surface area contributed by atoms with Crippen LogP contribution in [0.1, 0.15) is 12.5 Å². The summed E-state index contributed by atoms with van der Waals surface area (Å²) in [6.45, 7) is 2.48. The van der Waals surface area contributed by atoms with Gasteiger partial charge < -0.3 is 9.47 Å². The van der Waals surface area contributed by atoms with Crippen molar-refractivity contribution >= 4 is 29.0 Å². The molecule has 0 unspecified atom stereocenters. The number of carbonyl (C=O) groups is 2. The molecule has 22 heavy (non-hydrogen) atoms. The van der Waals surface area contributed by atoms with E-state index in [9.17, 15) is 9.59 Å². The summed E-state index contributed by atoms with van der Waals surface area (Å²) in [7, 11) is 1.46. The summed E-state index contributed by atoms with van der Waals surface area (Å²) < 4.78 is 10.9. The van der Waals surface area contributed by atoms with Gasteiger partial charge in [0.15, 0.2) is 11.5 Å². The lowest BCUT2D eigenvalue weighted by Crippen LogP contribution is -2.22. The van der Waals surface area contributed by atoms with E-state index in [0.717, 1.165) is 22.2 Å². The third kappa shape index (κ3) is 3.43. The minimum Gasteiger partial charge on any atom is -0.490 e. The SMILES string of the molecule is C#CCOc1ccc(C=C2SC(=O)N(C)C2=O)cc1OCC. The molecule has 0 saturated carbocycles. The van der Waals surface area contributed by atoms with Crippen LogP contribution in [0.15, 0.2) is 23.1 Å². The Morgan fingerprint density at radius 3 is 2.68 bits per heavy atom. The molecular weight excluding hydrogens is 302 g/mol. The average molecular weight is 317 g/mol. The topological polar surface area (TPSA) is 55.8 Å². The lowest BCUT2D eigenvalue weighted by Gasteiger charge is -2.11. The van der Waals surface area contributed by atoms with Gasteiger partial charge in [0, 0.05) is 7.05 Å². The molecule has 114 valence electrons. The average Bonchev–Trinajstić information content (AvgIpc) is 2.74. The molecule has 0 spiro atoms. The highest BCUT2D eigenvalue weighted by molar-refractivity contribution is 8.18. The van der Waals surface area contributed by atoms with Gasteiger partial charge in [0.1, 0.15) is 6.61 Å². The molecule has 0 radical (unpaired) electrons. The standard InChI is InChI=1S/C16H15NO4S/c1-4-8-21-12-7-6-11(9-13(12)20-5-2)10-14-15(18)17(3)16(19)22-14/h1,6-7,9-10H,5,8H2,2-3H3. The van der Waals surface area contributed by atoms with Gasteiger partial charge in [-0.3, -0.25) is 14.5 Å². The Morgan fingerprint density at radius 1 is 1.32 bits per heavy atom. The first-order valence-corrected chi connectivity index (χ1v) is 7.43. The van der Waals surface area contributed by atoms with E-state index in [4.69, 9.17) is 15.9 Å². The van der Waals surface area contributed by atoms with Crippen LogP contribution >= 0.6 is 11.8 Å². The number of hydrogen-bond donors (Lipinski definition) is 0. The summed E-state index contributed by atoms with van der Waals surface area (Å²) in [6, 6.07) is 5.25. The number of likely N-dealkylation sites (N-methyl/N-ethyl adjacent to an activating group) is 1. The summed E-state index contributed by atoms with van der Waals surface area (Å²) in [5.41, 5.74) is 0.746. The third-order valence-corrected chi connectivity index (χ3v) is 3.82. The molecule has 2 rings (SSSR count). The smallest absolute Gasteiger partial charge is 0.293 e. The van der Waals surface area contributed by atoms with Crippen LogP contribution in [-0.2, 0) is 4.79 Å². The van der Waals surface area contributed by atoms with Crippen molar-refractivity contribution in [2.75, 3.05) is 20.3 Å². The molecule has 1 saturated heterocycles. The minimum absolute atomic E-state index is 0.147. The van der Waals surface area contributed by atoms with Crippen molar-refractivity contribution in [2.45, 2.75) is 6.92 Å². The molecule has 1 fully saturated rings. The summed E-state index contributed by atoms with van der Waals surface area (Å²) in [5.74, 6) is 3.17. The number of hydrogen-bond acceptors (Lipinski definition) is 5. The maximum Gasteiger partial charge on any atom is 0.293 e. The maximum absolute atomic E-state index is 11.9. The highest BCUT2D eigenvalue weighted by atomic mass is 32.2. The van der Waals surface area contributed by atoms with Crippen LogP contribution in [0.2, 0.25) is 0 Å². The number of ether oxygens (including phenoxy) is 2. The van der Waals surface area contributed by atoms with Crippen LogP contribution in [0.25, 0.3) is 6.08 Å². The van der Waals surface area contributed by atoms with E-state index in [-0.39, 0.29) is 17.8 Å². The Morgan fingerprint density at radius 2 is 2.09 bits per heavy atom. The Bertz CT molecular complexity index is 675. The highest BCUT2D eigenvalue weighted by Crippen LogP contribution is 2.33. The number of imide groups is 1. The molecular formula is C16H15NO4S. The second-order valence-corrected chi connectivity index (χ2v) is 5.37. The first-order valence-electron chi connectivity index (χ1n) is 6.61. The number of nitrogens with zero attached hydrogens (tertiary/aromatic N) is 1. The van der Waals surface area contributed by atoms with Crippen molar-refractivity contribution in [3.8, 4) is 23.8 Å². The van der Waals surface area contributed by atoms with E-state index in [1.165, 1.54) is 7.05 Å². The van der Waals surface area contributed by atoms with Crippen LogP contribution in [0.3, 0.4) is 0 Å². The quantitative estimate of drug-likeness (QED) is 0.617. The minimum atomic E-state index is -0.305. The maximum atomic E-state index is 11.9. The fourth-order valence-electron chi connectivity index (χ4n) is 1.82. The fraction of sp³-hybridized carbons (Fsp3) is 0.250. The molecule has 2 amide bonds. The van der Waals surface area contributed by atoms with Gasteiger partial charge in [-0.15, -0.1) is 6.42 Å². The van der Waals surface area contributed by atoms with Crippen LogP contribution in [0.5, 0.6) is 11.5 Å². The van der Waals surface area contributed by atoms with Gasteiger partial charge >= 0.3 is 0 Å². The molecule has 1 aliphatic heterocycles. The van der Waals surface area contributed by atoms with E-state index >= 15 is 0 Å². The van der Waals surface area contributed by atoms with Gasteiger partial charge in [-0.1, -0.05) is 12.0 Å². The molecule has 5 nitrogen and oxygen atoms in total. The summed E-state index contributed by atoms with van der Waals surface area (Å²) >= 11 is 0.914. The third-order valence-electron chi connectivity index (χ3n) is 2.86. The van der Waals surface area contributed by atoms with E-state index in [2.05, 4.69) is 5.92 Å². The van der Waals surface area contributed by atoms with Crippen LogP contribution in [-0.4, -0.2) is 36.3 Å². The molecule has 1 heterocycles. The van der Waals surface area contributed by atoms with Crippen LogP contribution in [0, 0.1) is 12.3 Å². The monoisotopic (exact) mass is 317 g/mol. The summed E-state index contributed by atoms with van der Waals surface area (Å²) in [4.78, 5) is 24.8.